The molecular weight excluding hydrogens is 579 g/mol. The van der Waals surface area contributed by atoms with Crippen molar-refractivity contribution in [3.05, 3.63) is 106 Å². The van der Waals surface area contributed by atoms with E-state index in [0.717, 1.165) is 29.7 Å². The summed E-state index contributed by atoms with van der Waals surface area (Å²) in [4.78, 5) is 20.3. The summed E-state index contributed by atoms with van der Waals surface area (Å²) < 4.78 is 42.8. The van der Waals surface area contributed by atoms with E-state index in [1.54, 1.807) is 30.3 Å². The summed E-state index contributed by atoms with van der Waals surface area (Å²) in [6.07, 6.45) is 2.99. The van der Waals surface area contributed by atoms with Crippen molar-refractivity contribution in [2.24, 2.45) is 21.8 Å². The molecule has 0 atom stereocenters. The second-order valence-electron chi connectivity index (χ2n) is 9.87. The lowest BCUT2D eigenvalue weighted by molar-refractivity contribution is 0.0691. The van der Waals surface area contributed by atoms with Crippen molar-refractivity contribution >= 4 is 43.9 Å². The Bertz CT molecular complexity index is 1780. The van der Waals surface area contributed by atoms with Crippen LogP contribution in [0.15, 0.2) is 93.6 Å². The van der Waals surface area contributed by atoms with Gasteiger partial charge in [-0.3, -0.25) is 0 Å². The number of nitrogens with zero attached hydrogens (tertiary/aromatic N) is 2. The topological polar surface area (TPSA) is 158 Å². The van der Waals surface area contributed by atoms with Gasteiger partial charge in [-0.15, -0.1) is 11.3 Å². The fraction of sp³-hybridized carbons (Fsp3) is 0.167. The van der Waals surface area contributed by atoms with Gasteiger partial charge in [-0.25, -0.2) is 32.7 Å². The van der Waals surface area contributed by atoms with Gasteiger partial charge in [0.2, 0.25) is 15.2 Å². The summed E-state index contributed by atoms with van der Waals surface area (Å²) in [5.74, 6) is -0.155. The molecule has 0 saturated heterocycles. The Labute approximate surface area is 246 Å². The van der Waals surface area contributed by atoms with E-state index in [1.807, 2.05) is 6.07 Å². The molecule has 5 rings (SSSR count). The number of halogens is 1. The summed E-state index contributed by atoms with van der Waals surface area (Å²) in [5.41, 5.74) is 9.95. The zero-order valence-electron chi connectivity index (χ0n) is 22.2. The van der Waals surface area contributed by atoms with Crippen molar-refractivity contribution in [3.8, 4) is 11.5 Å². The SMILES string of the molecule is NC(=C(Cc1ccc(S(N)(=O)=O)cc1)C(CC1CC1)=Nc1nc(C(=O)O)cs1)c1cccc(Oc2ccc(F)cc2)c1. The van der Waals surface area contributed by atoms with Gasteiger partial charge in [0.15, 0.2) is 5.69 Å². The number of sulfonamides is 1. The van der Waals surface area contributed by atoms with Gasteiger partial charge < -0.3 is 15.6 Å². The summed E-state index contributed by atoms with van der Waals surface area (Å²) in [6.45, 7) is 0. The highest BCUT2D eigenvalue weighted by molar-refractivity contribution is 7.89. The Morgan fingerprint density at radius 2 is 1.79 bits per heavy atom. The molecule has 0 unspecified atom stereocenters. The average Bonchev–Trinajstić information content (AvgIpc) is 3.65. The first-order valence-corrected chi connectivity index (χ1v) is 15.4. The number of hydrogen-bond donors (Lipinski definition) is 3. The van der Waals surface area contributed by atoms with Crippen LogP contribution in [-0.2, 0) is 16.4 Å². The zero-order chi connectivity index (χ0) is 29.9. The number of ether oxygens (including phenoxy) is 1. The lowest BCUT2D eigenvalue weighted by atomic mass is 9.93. The maximum absolute atomic E-state index is 13.4. The van der Waals surface area contributed by atoms with Gasteiger partial charge in [-0.2, -0.15) is 0 Å². The summed E-state index contributed by atoms with van der Waals surface area (Å²) in [7, 11) is -3.86. The highest BCUT2D eigenvalue weighted by Crippen LogP contribution is 2.37. The number of thiazole rings is 1. The van der Waals surface area contributed by atoms with Crippen molar-refractivity contribution in [2.45, 2.75) is 30.6 Å². The van der Waals surface area contributed by atoms with Crippen molar-refractivity contribution in [2.75, 3.05) is 0 Å². The molecule has 1 aromatic heterocycles. The molecule has 216 valence electrons. The third kappa shape index (κ3) is 7.46. The van der Waals surface area contributed by atoms with Crippen LogP contribution in [0, 0.1) is 11.7 Å². The predicted octanol–water partition coefficient (Wildman–Crippen LogP) is 5.91. The minimum Gasteiger partial charge on any atom is -0.476 e. The normalized spacial score (nSPS) is 14.4. The molecule has 3 aromatic carbocycles. The number of aliphatic imine (C=N–C) groups is 1. The molecule has 1 aliphatic carbocycles. The van der Waals surface area contributed by atoms with Crippen molar-refractivity contribution in [3.63, 3.8) is 0 Å². The van der Waals surface area contributed by atoms with Gasteiger partial charge in [0, 0.05) is 34.3 Å². The van der Waals surface area contributed by atoms with E-state index in [4.69, 9.17) is 20.6 Å². The van der Waals surface area contributed by atoms with E-state index in [1.165, 1.54) is 41.8 Å². The van der Waals surface area contributed by atoms with E-state index in [-0.39, 0.29) is 16.4 Å². The molecule has 4 aromatic rings. The second kappa shape index (κ2) is 12.2. The number of aromatic nitrogens is 1. The number of carbonyl (C=O) groups is 1. The monoisotopic (exact) mass is 606 g/mol. The van der Waals surface area contributed by atoms with Gasteiger partial charge in [-0.1, -0.05) is 24.3 Å². The molecule has 12 heteroatoms. The second-order valence-corrected chi connectivity index (χ2v) is 12.3. The van der Waals surface area contributed by atoms with Crippen LogP contribution in [-0.4, -0.2) is 30.2 Å². The molecular formula is C30H27FN4O5S2. The summed E-state index contributed by atoms with van der Waals surface area (Å²) in [5, 5.41) is 16.3. The van der Waals surface area contributed by atoms with Crippen molar-refractivity contribution in [1.29, 1.82) is 0 Å². The third-order valence-corrected chi connectivity index (χ3v) is 8.29. The first-order valence-electron chi connectivity index (χ1n) is 13.0. The Balaban J connectivity index is 1.58. The van der Waals surface area contributed by atoms with Crippen LogP contribution >= 0.6 is 11.3 Å². The van der Waals surface area contributed by atoms with Crippen LogP contribution in [0.1, 0.15) is 40.9 Å². The highest BCUT2D eigenvalue weighted by atomic mass is 32.2. The minimum absolute atomic E-state index is 0.00810. The van der Waals surface area contributed by atoms with Crippen LogP contribution in [0.4, 0.5) is 9.52 Å². The first kappa shape index (κ1) is 29.1. The third-order valence-electron chi connectivity index (χ3n) is 6.62. The number of aromatic carboxylic acids is 1. The van der Waals surface area contributed by atoms with E-state index in [0.29, 0.717) is 57.9 Å². The van der Waals surface area contributed by atoms with E-state index < -0.39 is 16.0 Å². The Morgan fingerprint density at radius 3 is 2.40 bits per heavy atom. The standard InChI is InChI=1S/C30H27FN4O5S2/c31-21-8-10-22(11-9-21)40-23-3-1-2-20(16-23)28(32)25(14-18-6-12-24(13-7-18)42(33,38)39)26(15-19-4-5-19)34-30-35-27(17-41-30)29(36)37/h1-3,6-13,16-17,19H,4-5,14-15,32H2,(H,36,37)(H2,33,38,39). The Kier molecular flexibility index (Phi) is 8.48. The number of carboxylic acid groups (broad SMARTS) is 1. The molecule has 0 amide bonds. The minimum atomic E-state index is -3.86. The number of allylic oxidation sites excluding steroid dienone is 1. The summed E-state index contributed by atoms with van der Waals surface area (Å²) >= 11 is 1.12. The first-order chi connectivity index (χ1) is 20.0. The maximum atomic E-state index is 13.4. The zero-order valence-corrected chi connectivity index (χ0v) is 23.9. The quantitative estimate of drug-likeness (QED) is 0.179. The van der Waals surface area contributed by atoms with Crippen LogP contribution < -0.4 is 15.6 Å². The molecule has 0 radical (unpaired) electrons. The molecule has 1 saturated carbocycles. The lowest BCUT2D eigenvalue weighted by Gasteiger charge is -2.16. The molecule has 9 nitrogen and oxygen atoms in total. The molecule has 1 heterocycles. The van der Waals surface area contributed by atoms with Crippen LogP contribution in [0.25, 0.3) is 5.70 Å². The molecule has 0 bridgehead atoms. The molecule has 1 aliphatic rings. The van der Waals surface area contributed by atoms with Crippen molar-refractivity contribution < 1.29 is 27.4 Å². The number of rotatable bonds is 11. The largest absolute Gasteiger partial charge is 0.476 e. The van der Waals surface area contributed by atoms with Gasteiger partial charge in [0.05, 0.1) is 4.90 Å². The van der Waals surface area contributed by atoms with Crippen LogP contribution in [0.5, 0.6) is 11.5 Å². The average molecular weight is 607 g/mol. The molecule has 1 fully saturated rings. The summed E-state index contributed by atoms with van der Waals surface area (Å²) in [6, 6.07) is 19.0. The predicted molar refractivity (Wildman–Crippen MR) is 159 cm³/mol. The molecule has 0 aliphatic heterocycles. The van der Waals surface area contributed by atoms with Crippen LogP contribution in [0.3, 0.4) is 0 Å². The van der Waals surface area contributed by atoms with E-state index >= 15 is 0 Å². The maximum Gasteiger partial charge on any atom is 0.355 e. The number of primary sulfonamides is 1. The number of carboxylic acids is 1. The number of benzene rings is 3. The van der Waals surface area contributed by atoms with E-state index in [9.17, 15) is 22.7 Å². The number of hydrogen-bond acceptors (Lipinski definition) is 8. The van der Waals surface area contributed by atoms with Gasteiger partial charge in [0.25, 0.3) is 0 Å². The molecule has 0 spiro atoms. The van der Waals surface area contributed by atoms with E-state index in [2.05, 4.69) is 4.98 Å². The van der Waals surface area contributed by atoms with Gasteiger partial charge in [0.1, 0.15) is 17.3 Å². The molecule has 42 heavy (non-hydrogen) atoms. The smallest absolute Gasteiger partial charge is 0.355 e. The fourth-order valence-corrected chi connectivity index (χ4v) is 5.45. The van der Waals surface area contributed by atoms with Crippen LogP contribution in [0.2, 0.25) is 0 Å². The van der Waals surface area contributed by atoms with Gasteiger partial charge in [-0.05, 0) is 79.3 Å². The fourth-order valence-electron chi connectivity index (χ4n) is 4.25. The lowest BCUT2D eigenvalue weighted by Crippen LogP contribution is -2.15. The Hall–Kier alpha value is -4.39. The number of nitrogens with two attached hydrogens (primary N) is 2. The Morgan fingerprint density at radius 1 is 1.07 bits per heavy atom. The van der Waals surface area contributed by atoms with Gasteiger partial charge >= 0.3 is 5.97 Å². The van der Waals surface area contributed by atoms with Crippen molar-refractivity contribution in [1.82, 2.24) is 4.98 Å². The molecule has 5 N–H and O–H groups in total. The highest BCUT2D eigenvalue weighted by Gasteiger charge is 2.27.